The van der Waals surface area contributed by atoms with Gasteiger partial charge in [0, 0.05) is 31.7 Å². The number of nitrogens with one attached hydrogen (secondary N) is 2. The molecule has 2 N–H and O–H groups in total. The molecule has 0 saturated heterocycles. The van der Waals surface area contributed by atoms with E-state index in [0.29, 0.717) is 23.2 Å². The number of nitrogens with zero attached hydrogens (tertiary/aromatic N) is 4. The van der Waals surface area contributed by atoms with E-state index < -0.39 is 5.91 Å². The van der Waals surface area contributed by atoms with E-state index in [1.165, 1.54) is 10.5 Å². The molecule has 8 heteroatoms. The number of hydrogen-bond acceptors (Lipinski definition) is 5. The molecule has 0 spiro atoms. The molecule has 0 saturated carbocycles. The first kappa shape index (κ1) is 18.5. The molecule has 0 radical (unpaired) electrons. The van der Waals surface area contributed by atoms with Crippen LogP contribution >= 0.6 is 0 Å². The molecular formula is C21H20N6O2. The molecule has 0 unspecified atom stereocenters. The van der Waals surface area contributed by atoms with Crippen molar-refractivity contribution in [3.05, 3.63) is 82.0 Å². The molecule has 29 heavy (non-hydrogen) atoms. The highest BCUT2D eigenvalue weighted by molar-refractivity contribution is 5.96. The van der Waals surface area contributed by atoms with Gasteiger partial charge in [0.25, 0.3) is 11.5 Å². The summed E-state index contributed by atoms with van der Waals surface area (Å²) in [6.07, 6.45) is 5.71. The van der Waals surface area contributed by atoms with Gasteiger partial charge in [0.2, 0.25) is 0 Å². The minimum Gasteiger partial charge on any atom is -0.348 e. The van der Waals surface area contributed by atoms with Gasteiger partial charge in [0.05, 0.1) is 10.9 Å². The summed E-state index contributed by atoms with van der Waals surface area (Å²) in [5, 5.41) is 11.7. The van der Waals surface area contributed by atoms with Crippen LogP contribution in [-0.2, 0) is 13.1 Å². The van der Waals surface area contributed by atoms with Crippen molar-refractivity contribution < 1.29 is 4.79 Å². The molecule has 146 valence electrons. The van der Waals surface area contributed by atoms with Crippen molar-refractivity contribution in [3.63, 3.8) is 0 Å². The van der Waals surface area contributed by atoms with Gasteiger partial charge < -0.3 is 9.88 Å². The monoisotopic (exact) mass is 388 g/mol. The lowest BCUT2D eigenvalue weighted by molar-refractivity contribution is 0.0948. The van der Waals surface area contributed by atoms with E-state index in [1.807, 2.05) is 13.0 Å². The molecule has 0 atom stereocenters. The molecule has 0 aliphatic heterocycles. The summed E-state index contributed by atoms with van der Waals surface area (Å²) in [6.45, 7) is 2.74. The molecule has 0 aromatic carbocycles. The zero-order valence-corrected chi connectivity index (χ0v) is 15.9. The Morgan fingerprint density at radius 2 is 2.10 bits per heavy atom. The van der Waals surface area contributed by atoms with Crippen LogP contribution in [0.4, 0.5) is 0 Å². The van der Waals surface area contributed by atoms with Gasteiger partial charge in [-0.05, 0) is 36.2 Å². The Balaban J connectivity index is 1.86. The number of pyridine rings is 3. The van der Waals surface area contributed by atoms with E-state index in [9.17, 15) is 9.59 Å². The van der Waals surface area contributed by atoms with Crippen LogP contribution in [0.1, 0.15) is 29.3 Å². The van der Waals surface area contributed by atoms with Gasteiger partial charge >= 0.3 is 0 Å². The zero-order valence-electron chi connectivity index (χ0n) is 15.9. The van der Waals surface area contributed by atoms with Crippen molar-refractivity contribution in [2.45, 2.75) is 26.4 Å². The largest absolute Gasteiger partial charge is 0.348 e. The van der Waals surface area contributed by atoms with Gasteiger partial charge in [0.15, 0.2) is 0 Å². The summed E-state index contributed by atoms with van der Waals surface area (Å²) < 4.78 is 3.07. The fraction of sp³-hybridized carbons (Fsp3) is 0.190. The van der Waals surface area contributed by atoms with Crippen LogP contribution in [0.25, 0.3) is 16.7 Å². The van der Waals surface area contributed by atoms with E-state index in [1.54, 1.807) is 47.4 Å². The maximum atomic E-state index is 13.0. The Morgan fingerprint density at radius 1 is 1.24 bits per heavy atom. The summed E-state index contributed by atoms with van der Waals surface area (Å²) in [7, 11) is 0. The lowest BCUT2D eigenvalue weighted by atomic mass is 10.2. The number of hydrogen-bond donors (Lipinski definition) is 2. The van der Waals surface area contributed by atoms with Crippen molar-refractivity contribution in [1.29, 1.82) is 5.41 Å². The first-order valence-electron chi connectivity index (χ1n) is 9.36. The summed E-state index contributed by atoms with van der Waals surface area (Å²) in [5.41, 5.74) is 1.68. The van der Waals surface area contributed by atoms with Gasteiger partial charge in [0.1, 0.15) is 16.8 Å². The average molecular weight is 388 g/mol. The van der Waals surface area contributed by atoms with Crippen LogP contribution in [0.15, 0.2) is 59.8 Å². The minimum atomic E-state index is -0.414. The number of aryl methyl sites for hydroxylation is 1. The number of amides is 1. The third-order valence-corrected chi connectivity index (χ3v) is 4.69. The highest BCUT2D eigenvalue weighted by atomic mass is 16.1. The first-order chi connectivity index (χ1) is 14.1. The molecule has 4 aromatic heterocycles. The molecule has 4 rings (SSSR count). The quantitative estimate of drug-likeness (QED) is 0.509. The zero-order chi connectivity index (χ0) is 20.4. The highest BCUT2D eigenvalue weighted by Gasteiger charge is 2.17. The average Bonchev–Trinajstić information content (AvgIpc) is 2.75. The lowest BCUT2D eigenvalue weighted by Gasteiger charge is -2.14. The summed E-state index contributed by atoms with van der Waals surface area (Å²) in [4.78, 5) is 34.4. The molecule has 4 heterocycles. The van der Waals surface area contributed by atoms with E-state index >= 15 is 0 Å². The van der Waals surface area contributed by atoms with E-state index in [2.05, 4.69) is 15.3 Å². The molecule has 0 aliphatic rings. The van der Waals surface area contributed by atoms with Gasteiger partial charge in [-0.15, -0.1) is 0 Å². The molecule has 8 nitrogen and oxygen atoms in total. The van der Waals surface area contributed by atoms with Crippen LogP contribution in [0.5, 0.6) is 0 Å². The third-order valence-electron chi connectivity index (χ3n) is 4.69. The van der Waals surface area contributed by atoms with Crippen LogP contribution in [0.2, 0.25) is 0 Å². The third kappa shape index (κ3) is 3.40. The Hall–Kier alpha value is -3.81. The topological polar surface area (TPSA) is 105 Å². The Bertz CT molecular complexity index is 1320. The lowest BCUT2D eigenvalue weighted by Crippen LogP contribution is -2.34. The van der Waals surface area contributed by atoms with E-state index in [0.717, 1.165) is 12.0 Å². The summed E-state index contributed by atoms with van der Waals surface area (Å²) in [6, 6.07) is 10.4. The van der Waals surface area contributed by atoms with Crippen molar-refractivity contribution in [2.24, 2.45) is 0 Å². The Morgan fingerprint density at radius 3 is 2.86 bits per heavy atom. The number of carbonyl (C=O) groups excluding carboxylic acids is 1. The molecular weight excluding hydrogens is 368 g/mol. The molecule has 4 aromatic rings. The predicted molar refractivity (Wildman–Crippen MR) is 109 cm³/mol. The number of rotatable bonds is 5. The summed E-state index contributed by atoms with van der Waals surface area (Å²) >= 11 is 0. The van der Waals surface area contributed by atoms with Crippen LogP contribution in [-0.4, -0.2) is 24.8 Å². The standard InChI is InChI=1S/C21H20N6O2/c1-2-9-27-18(22)15(20(28)24-13-14-6-5-8-23-12-14)11-16-19(27)25-17-7-3-4-10-26(17)21(16)29/h3-8,10-12,22H,2,9,13H2,1H3,(H,24,28). The second-order valence-electron chi connectivity index (χ2n) is 6.69. The van der Waals surface area contributed by atoms with Crippen molar-refractivity contribution in [2.75, 3.05) is 0 Å². The Kier molecular flexibility index (Phi) is 4.90. The van der Waals surface area contributed by atoms with Gasteiger partial charge in [-0.3, -0.25) is 24.4 Å². The fourth-order valence-corrected chi connectivity index (χ4v) is 3.28. The first-order valence-corrected chi connectivity index (χ1v) is 9.36. The number of carbonyl (C=O) groups is 1. The maximum absolute atomic E-state index is 13.0. The second kappa shape index (κ2) is 7.67. The van der Waals surface area contributed by atoms with Gasteiger partial charge in [-0.1, -0.05) is 19.1 Å². The predicted octanol–water partition coefficient (Wildman–Crippen LogP) is 1.86. The SMILES string of the molecule is CCCn1c(=N)c(C(=O)NCc2cccnc2)cc2c(=O)n3ccccc3nc21. The molecule has 0 fully saturated rings. The Labute approximate surface area is 166 Å². The van der Waals surface area contributed by atoms with E-state index in [4.69, 9.17) is 5.41 Å². The van der Waals surface area contributed by atoms with Crippen molar-refractivity contribution in [1.82, 2.24) is 24.3 Å². The van der Waals surface area contributed by atoms with Crippen LogP contribution in [0.3, 0.4) is 0 Å². The smallest absolute Gasteiger partial charge is 0.267 e. The van der Waals surface area contributed by atoms with Crippen molar-refractivity contribution in [3.8, 4) is 0 Å². The molecule has 0 aliphatic carbocycles. The van der Waals surface area contributed by atoms with Crippen molar-refractivity contribution >= 4 is 22.6 Å². The molecule has 0 bridgehead atoms. The van der Waals surface area contributed by atoms with E-state index in [-0.39, 0.29) is 23.2 Å². The maximum Gasteiger partial charge on any atom is 0.267 e. The normalized spacial score (nSPS) is 11.1. The number of fused-ring (bicyclic) bond motifs is 2. The minimum absolute atomic E-state index is 0.0372. The summed E-state index contributed by atoms with van der Waals surface area (Å²) in [5.74, 6) is -0.414. The molecule has 1 amide bonds. The van der Waals surface area contributed by atoms with Crippen LogP contribution in [0, 0.1) is 5.41 Å². The van der Waals surface area contributed by atoms with Gasteiger partial charge in [-0.2, -0.15) is 0 Å². The van der Waals surface area contributed by atoms with Crippen LogP contribution < -0.4 is 16.4 Å². The highest BCUT2D eigenvalue weighted by Crippen LogP contribution is 2.11. The fourth-order valence-electron chi connectivity index (χ4n) is 3.28. The number of aromatic nitrogens is 4. The second-order valence-corrected chi connectivity index (χ2v) is 6.69. The van der Waals surface area contributed by atoms with Gasteiger partial charge in [-0.25, -0.2) is 4.98 Å².